The van der Waals surface area contributed by atoms with Gasteiger partial charge in [-0.25, -0.2) is 9.78 Å². The Kier molecular flexibility index (Phi) is 4.32. The van der Waals surface area contributed by atoms with Gasteiger partial charge < -0.3 is 9.30 Å². The lowest BCUT2D eigenvalue weighted by Crippen LogP contribution is -2.19. The summed E-state index contributed by atoms with van der Waals surface area (Å²) in [6, 6.07) is 5.95. The number of hydrogen-bond donors (Lipinski definition) is 0. The lowest BCUT2D eigenvalue weighted by atomic mass is 10.1. The van der Waals surface area contributed by atoms with Gasteiger partial charge in [-0.1, -0.05) is 18.2 Å². The molecule has 0 amide bonds. The molecule has 1 unspecified atom stereocenters. The molecule has 2 aromatic rings. The standard InChI is InChI=1S/C14H15N3O4/c1-10(14(18)21-2)16-8-7-15-13(16)9-11-5-3-4-6-12(11)17(19)20/h3-8,10H,9H2,1-2H3. The van der Waals surface area contributed by atoms with Crippen molar-refractivity contribution in [1.29, 1.82) is 0 Å². The zero-order valence-corrected chi connectivity index (χ0v) is 11.7. The summed E-state index contributed by atoms with van der Waals surface area (Å²) in [5.41, 5.74) is 0.588. The summed E-state index contributed by atoms with van der Waals surface area (Å²) < 4.78 is 6.36. The van der Waals surface area contributed by atoms with E-state index in [4.69, 9.17) is 4.74 Å². The van der Waals surface area contributed by atoms with Crippen LogP contribution < -0.4 is 0 Å². The molecule has 1 atom stereocenters. The number of carbonyl (C=O) groups excluding carboxylic acids is 1. The predicted molar refractivity (Wildman–Crippen MR) is 74.9 cm³/mol. The summed E-state index contributed by atoms with van der Waals surface area (Å²) in [4.78, 5) is 26.4. The first-order chi connectivity index (χ1) is 10.0. The third-order valence-electron chi connectivity index (χ3n) is 3.25. The number of ether oxygens (including phenoxy) is 1. The zero-order valence-electron chi connectivity index (χ0n) is 11.7. The second kappa shape index (κ2) is 6.17. The monoisotopic (exact) mass is 289 g/mol. The van der Waals surface area contributed by atoms with Crippen LogP contribution in [0.1, 0.15) is 24.4 Å². The van der Waals surface area contributed by atoms with Crippen LogP contribution in [0.25, 0.3) is 0 Å². The highest BCUT2D eigenvalue weighted by atomic mass is 16.6. The fraction of sp³-hybridized carbons (Fsp3) is 0.286. The molecule has 0 saturated heterocycles. The smallest absolute Gasteiger partial charge is 0.328 e. The second-order valence-corrected chi connectivity index (χ2v) is 4.51. The van der Waals surface area contributed by atoms with Gasteiger partial charge in [-0.05, 0) is 6.92 Å². The van der Waals surface area contributed by atoms with Gasteiger partial charge in [-0.15, -0.1) is 0 Å². The Labute approximate surface area is 121 Å². The molecule has 7 nitrogen and oxygen atoms in total. The third kappa shape index (κ3) is 3.07. The SMILES string of the molecule is COC(=O)C(C)n1ccnc1Cc1ccccc1[N+](=O)[O-]. The number of nitro benzene ring substituents is 1. The summed E-state index contributed by atoms with van der Waals surface area (Å²) in [7, 11) is 1.32. The van der Waals surface area contributed by atoms with Crippen LogP contribution in [0.2, 0.25) is 0 Å². The summed E-state index contributed by atoms with van der Waals surface area (Å²) in [5, 5.41) is 11.0. The number of nitrogens with zero attached hydrogens (tertiary/aromatic N) is 3. The van der Waals surface area contributed by atoms with Crippen LogP contribution in [-0.4, -0.2) is 27.6 Å². The molecular weight excluding hydrogens is 274 g/mol. The molecule has 0 aliphatic heterocycles. The largest absolute Gasteiger partial charge is 0.467 e. The normalized spacial score (nSPS) is 11.9. The molecule has 0 bridgehead atoms. The van der Waals surface area contributed by atoms with Gasteiger partial charge in [0.2, 0.25) is 0 Å². The van der Waals surface area contributed by atoms with Crippen molar-refractivity contribution in [2.45, 2.75) is 19.4 Å². The molecule has 0 fully saturated rings. The summed E-state index contributed by atoms with van der Waals surface area (Å²) in [6.07, 6.45) is 3.49. The first-order valence-corrected chi connectivity index (χ1v) is 6.36. The molecule has 1 aromatic carbocycles. The van der Waals surface area contributed by atoms with Crippen LogP contribution in [0.5, 0.6) is 0 Å². The minimum Gasteiger partial charge on any atom is -0.467 e. The molecular formula is C14H15N3O4. The van der Waals surface area contributed by atoms with Crippen LogP contribution in [-0.2, 0) is 16.0 Å². The van der Waals surface area contributed by atoms with E-state index < -0.39 is 16.9 Å². The highest BCUT2D eigenvalue weighted by molar-refractivity contribution is 5.73. The van der Waals surface area contributed by atoms with Crippen LogP contribution in [0.3, 0.4) is 0 Å². The van der Waals surface area contributed by atoms with E-state index in [1.807, 2.05) is 0 Å². The minimum atomic E-state index is -0.532. The Bertz CT molecular complexity index is 666. The summed E-state index contributed by atoms with van der Waals surface area (Å²) in [6.45, 7) is 1.69. The van der Waals surface area contributed by atoms with Crippen LogP contribution in [0, 0.1) is 10.1 Å². The Morgan fingerprint density at radius 1 is 1.48 bits per heavy atom. The van der Waals surface area contributed by atoms with Crippen molar-refractivity contribution in [3.8, 4) is 0 Å². The number of imidazole rings is 1. The van der Waals surface area contributed by atoms with Crippen molar-refractivity contribution in [2.24, 2.45) is 0 Å². The molecule has 21 heavy (non-hydrogen) atoms. The average Bonchev–Trinajstić information content (AvgIpc) is 2.94. The maximum Gasteiger partial charge on any atom is 0.328 e. The Morgan fingerprint density at radius 3 is 2.86 bits per heavy atom. The average molecular weight is 289 g/mol. The molecule has 1 aromatic heterocycles. The van der Waals surface area contributed by atoms with E-state index in [1.54, 1.807) is 42.1 Å². The van der Waals surface area contributed by atoms with Gasteiger partial charge in [0, 0.05) is 30.4 Å². The number of aromatic nitrogens is 2. The number of carbonyl (C=O) groups is 1. The molecule has 0 aliphatic carbocycles. The fourth-order valence-corrected chi connectivity index (χ4v) is 2.13. The number of methoxy groups -OCH3 is 1. The molecule has 1 heterocycles. The Morgan fingerprint density at radius 2 is 2.19 bits per heavy atom. The summed E-state index contributed by atoms with van der Waals surface area (Å²) in [5.74, 6) is 0.180. The van der Waals surface area contributed by atoms with E-state index in [2.05, 4.69) is 4.98 Å². The maximum atomic E-state index is 11.6. The maximum absolute atomic E-state index is 11.6. The van der Waals surface area contributed by atoms with E-state index in [0.29, 0.717) is 11.4 Å². The molecule has 0 N–H and O–H groups in total. The summed E-state index contributed by atoms with van der Waals surface area (Å²) >= 11 is 0. The number of para-hydroxylation sites is 1. The quantitative estimate of drug-likeness (QED) is 0.478. The third-order valence-corrected chi connectivity index (χ3v) is 3.25. The second-order valence-electron chi connectivity index (χ2n) is 4.51. The van der Waals surface area contributed by atoms with Crippen LogP contribution >= 0.6 is 0 Å². The number of hydrogen-bond acceptors (Lipinski definition) is 5. The van der Waals surface area contributed by atoms with Crippen molar-refractivity contribution in [3.63, 3.8) is 0 Å². The zero-order chi connectivity index (χ0) is 15.4. The highest BCUT2D eigenvalue weighted by Gasteiger charge is 2.20. The van der Waals surface area contributed by atoms with E-state index in [1.165, 1.54) is 13.2 Å². The Hall–Kier alpha value is -2.70. The van der Waals surface area contributed by atoms with Crippen LogP contribution in [0.4, 0.5) is 5.69 Å². The van der Waals surface area contributed by atoms with Gasteiger partial charge >= 0.3 is 5.97 Å². The minimum absolute atomic E-state index is 0.0396. The van der Waals surface area contributed by atoms with E-state index in [0.717, 1.165) is 0 Å². The van der Waals surface area contributed by atoms with Crippen molar-refractivity contribution < 1.29 is 14.5 Å². The Balaban J connectivity index is 2.32. The van der Waals surface area contributed by atoms with Gasteiger partial charge in [-0.2, -0.15) is 0 Å². The lowest BCUT2D eigenvalue weighted by Gasteiger charge is -2.14. The highest BCUT2D eigenvalue weighted by Crippen LogP contribution is 2.22. The van der Waals surface area contributed by atoms with Crippen molar-refractivity contribution >= 4 is 11.7 Å². The van der Waals surface area contributed by atoms with E-state index >= 15 is 0 Å². The van der Waals surface area contributed by atoms with Gasteiger partial charge in [0.05, 0.1) is 12.0 Å². The first kappa shape index (κ1) is 14.7. The number of esters is 1. The van der Waals surface area contributed by atoms with E-state index in [-0.39, 0.29) is 12.1 Å². The van der Waals surface area contributed by atoms with E-state index in [9.17, 15) is 14.9 Å². The molecule has 0 aliphatic rings. The van der Waals surface area contributed by atoms with Gasteiger partial charge in [-0.3, -0.25) is 10.1 Å². The molecule has 0 spiro atoms. The lowest BCUT2D eigenvalue weighted by molar-refractivity contribution is -0.385. The number of rotatable bonds is 5. The van der Waals surface area contributed by atoms with Crippen molar-refractivity contribution in [2.75, 3.05) is 7.11 Å². The van der Waals surface area contributed by atoms with Gasteiger partial charge in [0.25, 0.3) is 5.69 Å². The van der Waals surface area contributed by atoms with Crippen molar-refractivity contribution in [3.05, 3.63) is 58.2 Å². The molecule has 0 radical (unpaired) electrons. The predicted octanol–water partition coefficient (Wildman–Crippen LogP) is 2.12. The number of nitro groups is 1. The molecule has 2 rings (SSSR count). The topological polar surface area (TPSA) is 87.3 Å². The molecule has 0 saturated carbocycles. The van der Waals surface area contributed by atoms with Crippen LogP contribution in [0.15, 0.2) is 36.7 Å². The fourth-order valence-electron chi connectivity index (χ4n) is 2.13. The number of benzene rings is 1. The van der Waals surface area contributed by atoms with Crippen molar-refractivity contribution in [1.82, 2.24) is 9.55 Å². The molecule has 7 heteroatoms. The first-order valence-electron chi connectivity index (χ1n) is 6.36. The molecule has 110 valence electrons. The van der Waals surface area contributed by atoms with Gasteiger partial charge in [0.15, 0.2) is 0 Å². The van der Waals surface area contributed by atoms with Gasteiger partial charge in [0.1, 0.15) is 11.9 Å².